The first kappa shape index (κ1) is 19.1. The Labute approximate surface area is 142 Å². The van der Waals surface area contributed by atoms with Gasteiger partial charge in [-0.05, 0) is 57.1 Å². The van der Waals surface area contributed by atoms with Gasteiger partial charge in [0.15, 0.2) is 0 Å². The maximum Gasteiger partial charge on any atom is 0.339 e. The van der Waals surface area contributed by atoms with E-state index in [4.69, 9.17) is 14.3 Å². The number of rotatable bonds is 4. The summed E-state index contributed by atoms with van der Waals surface area (Å²) < 4.78 is 10.3. The highest BCUT2D eigenvalue weighted by atomic mass is 32.1. The minimum atomic E-state index is -0.946. The van der Waals surface area contributed by atoms with Crippen LogP contribution in [0.25, 0.3) is 0 Å². The van der Waals surface area contributed by atoms with Crippen LogP contribution in [0.15, 0.2) is 27.5 Å². The second-order valence-electron chi connectivity index (χ2n) is 5.13. The second-order valence-corrected chi connectivity index (χ2v) is 5.58. The van der Waals surface area contributed by atoms with Crippen molar-refractivity contribution in [2.45, 2.75) is 32.2 Å². The van der Waals surface area contributed by atoms with E-state index in [1.807, 2.05) is 26.0 Å². The monoisotopic (exact) mass is 337 g/mol. The van der Waals surface area contributed by atoms with E-state index >= 15 is 0 Å². The van der Waals surface area contributed by atoms with Crippen LogP contribution in [0.4, 0.5) is 0 Å². The molecule has 0 unspecified atom stereocenters. The molecule has 0 atom stereocenters. The molecule has 5 nitrogen and oxygen atoms in total. The number of nitrogens with one attached hydrogen (secondary N) is 1. The zero-order valence-corrected chi connectivity index (χ0v) is 15.0. The summed E-state index contributed by atoms with van der Waals surface area (Å²) in [6.45, 7) is 6.24. The number of carbonyl (C=O) groups is 1. The molecule has 126 valence electrons. The van der Waals surface area contributed by atoms with Crippen molar-refractivity contribution in [3.8, 4) is 5.75 Å². The molecule has 0 amide bonds. The van der Waals surface area contributed by atoms with E-state index in [1.54, 1.807) is 21.1 Å². The van der Waals surface area contributed by atoms with Gasteiger partial charge in [0.05, 0.1) is 13.7 Å². The fourth-order valence-corrected chi connectivity index (χ4v) is 2.18. The predicted octanol–water partition coefficient (Wildman–Crippen LogP) is 3.61. The lowest BCUT2D eigenvalue weighted by atomic mass is 10.1. The molecule has 0 radical (unpaired) electrons. The first-order valence-electron chi connectivity index (χ1n) is 7.11. The Morgan fingerprint density at radius 2 is 1.83 bits per heavy atom. The molecule has 1 heterocycles. The Bertz CT molecular complexity index is 656. The molecule has 0 saturated heterocycles. The van der Waals surface area contributed by atoms with E-state index < -0.39 is 5.97 Å². The predicted molar refractivity (Wildman–Crippen MR) is 92.9 cm³/mol. The van der Waals surface area contributed by atoms with Crippen molar-refractivity contribution < 1.29 is 19.1 Å². The fourth-order valence-electron chi connectivity index (χ4n) is 2.05. The van der Waals surface area contributed by atoms with Crippen LogP contribution in [0.5, 0.6) is 5.75 Å². The molecule has 1 aromatic heterocycles. The summed E-state index contributed by atoms with van der Waals surface area (Å²) in [5, 5.41) is 11.5. The third kappa shape index (κ3) is 5.33. The summed E-state index contributed by atoms with van der Waals surface area (Å²) in [4.78, 5) is 11.6. The first-order valence-corrected chi connectivity index (χ1v) is 7.56. The molecule has 23 heavy (non-hydrogen) atoms. The van der Waals surface area contributed by atoms with Gasteiger partial charge in [-0.25, -0.2) is 4.79 Å². The number of furan rings is 1. The van der Waals surface area contributed by atoms with E-state index in [9.17, 15) is 4.79 Å². The number of benzene rings is 1. The van der Waals surface area contributed by atoms with Crippen LogP contribution < -0.4 is 10.1 Å². The summed E-state index contributed by atoms with van der Waals surface area (Å²) in [7, 11) is 3.45. The number of aromatic carboxylic acids is 1. The van der Waals surface area contributed by atoms with Crippen LogP contribution in [0.3, 0.4) is 0 Å². The Balaban J connectivity index is 0.000000231. The van der Waals surface area contributed by atoms with Gasteiger partial charge in [0, 0.05) is 4.90 Å². The van der Waals surface area contributed by atoms with E-state index in [-0.39, 0.29) is 5.56 Å². The quantitative estimate of drug-likeness (QED) is 0.744. The van der Waals surface area contributed by atoms with Gasteiger partial charge in [-0.1, -0.05) is 0 Å². The fraction of sp³-hybridized carbons (Fsp3) is 0.353. The summed E-state index contributed by atoms with van der Waals surface area (Å²) >= 11 is 4.34. The lowest BCUT2D eigenvalue weighted by Gasteiger charge is -2.06. The summed E-state index contributed by atoms with van der Waals surface area (Å²) in [5.41, 5.74) is 2.55. The molecule has 0 aliphatic carbocycles. The lowest BCUT2D eigenvalue weighted by molar-refractivity contribution is 0.0695. The van der Waals surface area contributed by atoms with Crippen LogP contribution >= 0.6 is 12.6 Å². The number of methoxy groups -OCH3 is 1. The molecule has 0 saturated carbocycles. The van der Waals surface area contributed by atoms with Crippen molar-refractivity contribution in [2.24, 2.45) is 0 Å². The average Bonchev–Trinajstić information content (AvgIpc) is 2.86. The van der Waals surface area contributed by atoms with Crippen molar-refractivity contribution in [3.63, 3.8) is 0 Å². The number of carboxylic acids is 1. The Kier molecular flexibility index (Phi) is 7.19. The third-order valence-electron chi connectivity index (χ3n) is 3.25. The van der Waals surface area contributed by atoms with Gasteiger partial charge in [0.2, 0.25) is 0 Å². The molecule has 2 aromatic rings. The number of hydrogen-bond donors (Lipinski definition) is 3. The number of hydrogen-bond acceptors (Lipinski definition) is 5. The molecule has 0 fully saturated rings. The van der Waals surface area contributed by atoms with Crippen molar-refractivity contribution in [3.05, 3.63) is 46.4 Å². The molecular weight excluding hydrogens is 314 g/mol. The van der Waals surface area contributed by atoms with Crippen LogP contribution in [0, 0.1) is 20.8 Å². The number of ether oxygens (including phenoxy) is 1. The summed E-state index contributed by atoms with van der Waals surface area (Å²) in [6.07, 6.45) is 0. The van der Waals surface area contributed by atoms with E-state index in [2.05, 4.69) is 17.9 Å². The Morgan fingerprint density at radius 3 is 2.22 bits per heavy atom. The number of aryl methyl sites for hydroxylation is 3. The molecule has 0 aliphatic rings. The van der Waals surface area contributed by atoms with Crippen molar-refractivity contribution >= 4 is 18.6 Å². The van der Waals surface area contributed by atoms with Crippen molar-refractivity contribution in [1.29, 1.82) is 0 Å². The van der Waals surface area contributed by atoms with E-state index in [0.29, 0.717) is 18.1 Å². The van der Waals surface area contributed by atoms with Gasteiger partial charge in [0.25, 0.3) is 0 Å². The summed E-state index contributed by atoms with van der Waals surface area (Å²) in [5.74, 6) is 1.05. The maximum absolute atomic E-state index is 10.6. The highest BCUT2D eigenvalue weighted by molar-refractivity contribution is 7.80. The van der Waals surface area contributed by atoms with Gasteiger partial charge in [0.1, 0.15) is 22.8 Å². The van der Waals surface area contributed by atoms with Gasteiger partial charge in [-0.3, -0.25) is 0 Å². The van der Waals surface area contributed by atoms with E-state index in [1.165, 1.54) is 6.07 Å². The van der Waals surface area contributed by atoms with Gasteiger partial charge >= 0.3 is 5.97 Å². The van der Waals surface area contributed by atoms with Crippen LogP contribution in [0.1, 0.15) is 33.0 Å². The first-order chi connectivity index (χ1) is 10.8. The van der Waals surface area contributed by atoms with Crippen molar-refractivity contribution in [2.75, 3.05) is 14.2 Å². The minimum Gasteiger partial charge on any atom is -0.497 e. The van der Waals surface area contributed by atoms with Gasteiger partial charge in [-0.2, -0.15) is 0 Å². The Hall–Kier alpha value is -1.92. The van der Waals surface area contributed by atoms with Gasteiger partial charge in [-0.15, -0.1) is 12.6 Å². The SMILES string of the molecule is CNCc1cc(C(=O)O)c(C)o1.COc1cc(C)c(S)c(C)c1. The van der Waals surface area contributed by atoms with E-state index in [0.717, 1.165) is 21.8 Å². The molecule has 6 heteroatoms. The zero-order chi connectivity index (χ0) is 17.6. The average molecular weight is 337 g/mol. The smallest absolute Gasteiger partial charge is 0.339 e. The topological polar surface area (TPSA) is 71.7 Å². The molecule has 2 rings (SSSR count). The normalized spacial score (nSPS) is 10.0. The number of carboxylic acid groups (broad SMARTS) is 1. The molecule has 0 bridgehead atoms. The van der Waals surface area contributed by atoms with Crippen LogP contribution in [-0.4, -0.2) is 25.2 Å². The third-order valence-corrected chi connectivity index (χ3v) is 3.96. The zero-order valence-electron chi connectivity index (χ0n) is 14.1. The highest BCUT2D eigenvalue weighted by Crippen LogP contribution is 2.23. The molecule has 0 spiro atoms. The Morgan fingerprint density at radius 1 is 1.26 bits per heavy atom. The van der Waals surface area contributed by atoms with Crippen molar-refractivity contribution in [1.82, 2.24) is 5.32 Å². The molecular formula is C17H23NO4S. The minimum absolute atomic E-state index is 0.236. The highest BCUT2D eigenvalue weighted by Gasteiger charge is 2.12. The molecule has 0 aliphatic heterocycles. The van der Waals surface area contributed by atoms with Gasteiger partial charge < -0.3 is 19.6 Å². The molecule has 2 N–H and O–H groups in total. The number of thiol groups is 1. The maximum atomic E-state index is 10.6. The second kappa shape index (κ2) is 8.64. The van der Waals surface area contributed by atoms with Crippen LogP contribution in [-0.2, 0) is 6.54 Å². The molecule has 1 aromatic carbocycles. The van der Waals surface area contributed by atoms with Crippen LogP contribution in [0.2, 0.25) is 0 Å². The standard InChI is InChI=1S/C9H12OS.C8H11NO3/c1-6-4-8(10-3)5-7(2)9(6)11;1-5-7(8(10)11)3-6(12-5)4-9-2/h4-5,11H,1-3H3;3,9H,4H2,1-2H3,(H,10,11). The summed E-state index contributed by atoms with van der Waals surface area (Å²) in [6, 6.07) is 5.50. The largest absolute Gasteiger partial charge is 0.497 e. The lowest BCUT2D eigenvalue weighted by Crippen LogP contribution is -2.03.